The van der Waals surface area contributed by atoms with Crippen LogP contribution >= 0.6 is 15.9 Å². The zero-order chi connectivity index (χ0) is 19.5. The normalized spacial score (nSPS) is 11.9. The van der Waals surface area contributed by atoms with E-state index < -0.39 is 8.32 Å². The fourth-order valence-corrected chi connectivity index (χ4v) is 8.31. The van der Waals surface area contributed by atoms with Crippen molar-refractivity contribution in [1.82, 2.24) is 0 Å². The predicted octanol–water partition coefficient (Wildman–Crippen LogP) is 5.40. The summed E-state index contributed by atoms with van der Waals surface area (Å²) in [5.41, 5.74) is 0. The minimum absolute atomic E-state index is 0.0942. The molecule has 0 aliphatic rings. The highest BCUT2D eigenvalue weighted by Gasteiger charge is 2.52. The van der Waals surface area contributed by atoms with Crippen molar-refractivity contribution >= 4 is 34.6 Å². The van der Waals surface area contributed by atoms with Gasteiger partial charge in [-0.05, 0) is 33.6 Å². The monoisotopic (exact) mass is 440 g/mol. The molecule has 0 saturated heterocycles. The molecule has 2 nitrogen and oxygen atoms in total. The highest BCUT2D eigenvalue weighted by Crippen LogP contribution is 2.40. The summed E-state index contributed by atoms with van der Waals surface area (Å²) in [6, 6.07) is 27.1. The molecule has 3 rings (SSSR count). The first-order valence-corrected chi connectivity index (χ1v) is 11.7. The van der Waals surface area contributed by atoms with Gasteiger partial charge in [-0.15, -0.1) is 0 Å². The topological polar surface area (TPSA) is 18.5 Å². The highest BCUT2D eigenvalue weighted by molar-refractivity contribution is 9.10. The van der Waals surface area contributed by atoms with E-state index in [1.54, 1.807) is 7.11 Å². The summed E-state index contributed by atoms with van der Waals surface area (Å²) in [4.78, 5) is 0. The van der Waals surface area contributed by atoms with Crippen LogP contribution in [-0.2, 0) is 0 Å². The van der Waals surface area contributed by atoms with Crippen molar-refractivity contribution in [2.24, 2.45) is 0 Å². The highest BCUT2D eigenvalue weighted by atomic mass is 79.9. The summed E-state index contributed by atoms with van der Waals surface area (Å²) in [6.45, 7) is 6.80. The van der Waals surface area contributed by atoms with Crippen LogP contribution in [0.25, 0.3) is 0 Å². The number of rotatable bonds is 5. The maximum atomic E-state index is 7.03. The Labute approximate surface area is 171 Å². The Morgan fingerprint density at radius 3 is 1.70 bits per heavy atom. The first-order chi connectivity index (χ1) is 12.9. The molecule has 140 valence electrons. The molecule has 0 amide bonds. The molecule has 0 unspecified atom stereocenters. The average Bonchev–Trinajstić information content (AvgIpc) is 2.66. The molecule has 0 aliphatic carbocycles. The Bertz CT molecular complexity index is 850. The first-order valence-electron chi connectivity index (χ1n) is 9.02. The molecule has 0 N–H and O–H groups in total. The molecule has 0 saturated carbocycles. The predicted molar refractivity (Wildman–Crippen MR) is 119 cm³/mol. The van der Waals surface area contributed by atoms with Gasteiger partial charge in [0.25, 0.3) is 0 Å². The lowest BCUT2D eigenvalue weighted by Crippen LogP contribution is -2.68. The van der Waals surface area contributed by atoms with Gasteiger partial charge in [0.1, 0.15) is 5.75 Å². The lowest BCUT2D eigenvalue weighted by atomic mass is 10.2. The van der Waals surface area contributed by atoms with Crippen molar-refractivity contribution < 1.29 is 9.16 Å². The standard InChI is InChI=1S/C23H25BrO2Si/c1-23(2,3)27(19-11-7-5-8-12-19,20-13-9-6-10-14-20)26-22-17-18(24)15-16-21(22)25-4/h5-17H,1-4H3. The van der Waals surface area contributed by atoms with E-state index in [-0.39, 0.29) is 5.04 Å². The second kappa shape index (κ2) is 7.91. The van der Waals surface area contributed by atoms with Crippen molar-refractivity contribution in [3.63, 3.8) is 0 Å². The minimum atomic E-state index is -2.66. The first kappa shape index (κ1) is 19.7. The average molecular weight is 441 g/mol. The van der Waals surface area contributed by atoms with Gasteiger partial charge in [-0.1, -0.05) is 97.4 Å². The molecule has 3 aromatic carbocycles. The zero-order valence-electron chi connectivity index (χ0n) is 16.2. The van der Waals surface area contributed by atoms with E-state index in [9.17, 15) is 0 Å². The van der Waals surface area contributed by atoms with Crippen LogP contribution in [0.1, 0.15) is 20.8 Å². The van der Waals surface area contributed by atoms with Gasteiger partial charge in [-0.2, -0.15) is 0 Å². The van der Waals surface area contributed by atoms with Crippen molar-refractivity contribution in [3.05, 3.63) is 83.3 Å². The summed E-state index contributed by atoms with van der Waals surface area (Å²) in [5, 5.41) is 2.39. The number of halogens is 1. The minimum Gasteiger partial charge on any atom is -0.531 e. The summed E-state index contributed by atoms with van der Waals surface area (Å²) < 4.78 is 13.6. The summed E-state index contributed by atoms with van der Waals surface area (Å²) in [7, 11) is -0.980. The molecule has 3 aromatic rings. The second-order valence-corrected chi connectivity index (χ2v) is 12.7. The van der Waals surface area contributed by atoms with Crippen LogP contribution in [0.2, 0.25) is 5.04 Å². The van der Waals surface area contributed by atoms with Gasteiger partial charge in [0.05, 0.1) is 7.11 Å². The molecule has 0 aromatic heterocycles. The second-order valence-electron chi connectivity index (χ2n) is 7.56. The molecule has 0 aliphatic heterocycles. The quantitative estimate of drug-likeness (QED) is 0.494. The Morgan fingerprint density at radius 1 is 0.741 bits per heavy atom. The van der Waals surface area contributed by atoms with Crippen LogP contribution in [0.3, 0.4) is 0 Å². The number of hydrogen-bond acceptors (Lipinski definition) is 2. The number of hydrogen-bond donors (Lipinski definition) is 0. The number of benzene rings is 3. The third-order valence-corrected chi connectivity index (χ3v) is 10.2. The van der Waals surface area contributed by atoms with E-state index in [0.717, 1.165) is 16.0 Å². The molecular weight excluding hydrogens is 416 g/mol. The van der Waals surface area contributed by atoms with E-state index in [1.165, 1.54) is 10.4 Å². The zero-order valence-corrected chi connectivity index (χ0v) is 18.8. The molecule has 0 atom stereocenters. The molecule has 0 fully saturated rings. The molecule has 0 heterocycles. The molecule has 0 bridgehead atoms. The third kappa shape index (κ3) is 3.82. The van der Waals surface area contributed by atoms with Gasteiger partial charge in [0, 0.05) is 4.47 Å². The Balaban J connectivity index is 2.29. The van der Waals surface area contributed by atoms with Crippen LogP contribution in [0, 0.1) is 0 Å². The largest absolute Gasteiger partial charge is 0.531 e. The lowest BCUT2D eigenvalue weighted by molar-refractivity contribution is 0.388. The van der Waals surface area contributed by atoms with E-state index in [0.29, 0.717) is 0 Å². The van der Waals surface area contributed by atoms with Crippen molar-refractivity contribution in [2.45, 2.75) is 25.8 Å². The Morgan fingerprint density at radius 2 is 1.26 bits per heavy atom. The van der Waals surface area contributed by atoms with E-state index in [4.69, 9.17) is 9.16 Å². The molecular formula is C23H25BrO2Si. The smallest absolute Gasteiger partial charge is 0.320 e. The van der Waals surface area contributed by atoms with Crippen LogP contribution in [0.4, 0.5) is 0 Å². The molecule has 27 heavy (non-hydrogen) atoms. The summed E-state index contributed by atoms with van der Waals surface area (Å²) in [6.07, 6.45) is 0. The van der Waals surface area contributed by atoms with Gasteiger partial charge >= 0.3 is 8.32 Å². The van der Waals surface area contributed by atoms with Gasteiger partial charge in [-0.25, -0.2) is 0 Å². The van der Waals surface area contributed by atoms with Crippen molar-refractivity contribution in [3.8, 4) is 11.5 Å². The van der Waals surface area contributed by atoms with Crippen LogP contribution in [-0.4, -0.2) is 15.4 Å². The van der Waals surface area contributed by atoms with Gasteiger partial charge in [0.2, 0.25) is 0 Å². The molecule has 0 radical (unpaired) electrons. The fourth-order valence-electron chi connectivity index (χ4n) is 3.54. The lowest BCUT2D eigenvalue weighted by Gasteiger charge is -2.43. The molecule has 0 spiro atoms. The Kier molecular flexibility index (Phi) is 5.77. The van der Waals surface area contributed by atoms with Gasteiger partial charge < -0.3 is 9.16 Å². The third-order valence-electron chi connectivity index (χ3n) is 4.81. The SMILES string of the molecule is COc1ccc(Br)cc1O[Si](c1ccccc1)(c1ccccc1)C(C)(C)C. The van der Waals surface area contributed by atoms with Crippen LogP contribution in [0.5, 0.6) is 11.5 Å². The Hall–Kier alpha value is -2.04. The maximum Gasteiger partial charge on any atom is 0.320 e. The van der Waals surface area contributed by atoms with Crippen molar-refractivity contribution in [1.29, 1.82) is 0 Å². The van der Waals surface area contributed by atoms with Gasteiger partial charge in [0.15, 0.2) is 5.75 Å². The van der Waals surface area contributed by atoms with E-state index >= 15 is 0 Å². The maximum absolute atomic E-state index is 7.03. The van der Waals surface area contributed by atoms with Crippen LogP contribution in [0.15, 0.2) is 83.3 Å². The van der Waals surface area contributed by atoms with E-state index in [1.807, 2.05) is 18.2 Å². The van der Waals surface area contributed by atoms with E-state index in [2.05, 4.69) is 97.4 Å². The van der Waals surface area contributed by atoms with Gasteiger partial charge in [-0.3, -0.25) is 0 Å². The number of ether oxygens (including phenoxy) is 1. The summed E-state index contributed by atoms with van der Waals surface area (Å²) in [5.74, 6) is 1.51. The molecule has 4 heteroatoms. The van der Waals surface area contributed by atoms with Crippen LogP contribution < -0.4 is 19.5 Å². The number of methoxy groups -OCH3 is 1. The summed E-state index contributed by atoms with van der Waals surface area (Å²) >= 11 is 3.58. The van der Waals surface area contributed by atoms with Crippen molar-refractivity contribution in [2.75, 3.05) is 7.11 Å². The fraction of sp³-hybridized carbons (Fsp3) is 0.217.